The first-order chi connectivity index (χ1) is 23.5. The topological polar surface area (TPSA) is 104 Å². The molecule has 0 aliphatic heterocycles. The van der Waals surface area contributed by atoms with Crippen molar-refractivity contribution in [2.45, 2.75) is 36.7 Å². The molecule has 0 aliphatic carbocycles. The quantitative estimate of drug-likeness (QED) is 0.0906. The molecule has 0 fully saturated rings. The Balaban J connectivity index is 1.38. The summed E-state index contributed by atoms with van der Waals surface area (Å²) in [5.41, 5.74) is 3.06. The number of benzene rings is 4. The van der Waals surface area contributed by atoms with Crippen molar-refractivity contribution in [3.63, 3.8) is 0 Å². The van der Waals surface area contributed by atoms with Gasteiger partial charge < -0.3 is 29.0 Å². The summed E-state index contributed by atoms with van der Waals surface area (Å²) < 4.78 is 57.9. The fourth-order valence-electron chi connectivity index (χ4n) is 5.17. The Kier molecular flexibility index (Phi) is 15.9. The summed E-state index contributed by atoms with van der Waals surface area (Å²) in [6, 6.07) is 33.3. The maximum absolute atomic E-state index is 13.8. The van der Waals surface area contributed by atoms with E-state index >= 15 is 0 Å². The molecule has 2 N–H and O–H groups in total. The Labute approximate surface area is 285 Å². The Morgan fingerprint density at radius 3 is 1.75 bits per heavy atom. The predicted molar refractivity (Wildman–Crippen MR) is 188 cm³/mol. The number of hydrogen-bond acceptors (Lipinski definition) is 8. The molecule has 258 valence electrons. The van der Waals surface area contributed by atoms with E-state index in [9.17, 15) is 8.42 Å². The van der Waals surface area contributed by atoms with Gasteiger partial charge in [-0.1, -0.05) is 72.8 Å². The highest BCUT2D eigenvalue weighted by atomic mass is 32.2. The molecule has 0 radical (unpaired) electrons. The van der Waals surface area contributed by atoms with Crippen LogP contribution in [-0.4, -0.2) is 68.3 Å². The Bertz CT molecular complexity index is 1540. The lowest BCUT2D eigenvalue weighted by atomic mass is 9.94. The molecule has 0 aromatic heterocycles. The first-order valence-electron chi connectivity index (χ1n) is 16.4. The van der Waals surface area contributed by atoms with E-state index in [-0.39, 0.29) is 10.9 Å². The van der Waals surface area contributed by atoms with E-state index in [0.29, 0.717) is 58.5 Å². The van der Waals surface area contributed by atoms with E-state index < -0.39 is 16.1 Å². The summed E-state index contributed by atoms with van der Waals surface area (Å²) in [5, 5.41) is 3.67. The van der Waals surface area contributed by atoms with Gasteiger partial charge in [0.25, 0.3) is 0 Å². The van der Waals surface area contributed by atoms with Crippen LogP contribution in [0, 0.1) is 0 Å². The zero-order valence-corrected chi connectivity index (χ0v) is 28.7. The van der Waals surface area contributed by atoms with Crippen LogP contribution < -0.4 is 19.5 Å². The number of methoxy groups -OCH3 is 1. The minimum absolute atomic E-state index is 0.155. The molecule has 0 bridgehead atoms. The monoisotopic (exact) mass is 676 g/mol. The number of hydrogen-bond donors (Lipinski definition) is 2. The first kappa shape index (κ1) is 37.1. The average molecular weight is 677 g/mol. The van der Waals surface area contributed by atoms with Crippen LogP contribution in [-0.2, 0) is 30.7 Å². The van der Waals surface area contributed by atoms with Crippen molar-refractivity contribution in [3.05, 3.63) is 126 Å². The first-order valence-corrected chi connectivity index (χ1v) is 17.9. The van der Waals surface area contributed by atoms with Crippen LogP contribution in [0.25, 0.3) is 0 Å². The molecule has 2 atom stereocenters. The van der Waals surface area contributed by atoms with E-state index in [1.807, 2.05) is 79.7 Å². The van der Waals surface area contributed by atoms with Crippen LogP contribution in [0.4, 0.5) is 0 Å². The van der Waals surface area contributed by atoms with E-state index in [1.165, 1.54) is 5.56 Å². The molecule has 10 heteroatoms. The van der Waals surface area contributed by atoms with Gasteiger partial charge in [0.2, 0.25) is 10.0 Å². The fraction of sp³-hybridized carbons (Fsp3) is 0.368. The van der Waals surface area contributed by atoms with Gasteiger partial charge in [-0.3, -0.25) is 0 Å². The number of ether oxygens (including phenoxy) is 5. The highest BCUT2D eigenvalue weighted by Gasteiger charge is 2.29. The van der Waals surface area contributed by atoms with Crippen molar-refractivity contribution >= 4 is 10.0 Å². The number of nitrogens with one attached hydrogen (secondary N) is 2. The second kappa shape index (κ2) is 20.6. The van der Waals surface area contributed by atoms with E-state index in [1.54, 1.807) is 31.4 Å². The third-order valence-electron chi connectivity index (χ3n) is 7.68. The minimum atomic E-state index is -3.91. The van der Waals surface area contributed by atoms with Gasteiger partial charge in [0.15, 0.2) is 0 Å². The van der Waals surface area contributed by atoms with Gasteiger partial charge >= 0.3 is 0 Å². The summed E-state index contributed by atoms with van der Waals surface area (Å²) in [7, 11) is -2.25. The average Bonchev–Trinajstić information content (AvgIpc) is 3.13. The van der Waals surface area contributed by atoms with E-state index in [0.717, 1.165) is 29.7 Å². The molecular weight excluding hydrogens is 628 g/mol. The third-order valence-corrected chi connectivity index (χ3v) is 9.13. The second-order valence-corrected chi connectivity index (χ2v) is 12.8. The molecule has 0 unspecified atom stereocenters. The molecule has 0 saturated carbocycles. The summed E-state index contributed by atoms with van der Waals surface area (Å²) in [6.07, 6.45) is 1.75. The Hall–Kier alpha value is -3.77. The van der Waals surface area contributed by atoms with Crippen LogP contribution in [0.5, 0.6) is 11.5 Å². The van der Waals surface area contributed by atoms with Gasteiger partial charge in [-0.15, -0.1) is 0 Å². The Morgan fingerprint density at radius 1 is 0.625 bits per heavy atom. The summed E-state index contributed by atoms with van der Waals surface area (Å²) in [5.74, 6) is 1.39. The highest BCUT2D eigenvalue weighted by molar-refractivity contribution is 7.89. The number of sulfonamides is 1. The molecule has 4 rings (SSSR count). The smallest absolute Gasteiger partial charge is 0.241 e. The largest absolute Gasteiger partial charge is 0.497 e. The zero-order chi connectivity index (χ0) is 33.9. The van der Waals surface area contributed by atoms with Crippen LogP contribution in [0.1, 0.15) is 42.1 Å². The molecule has 0 saturated heterocycles. The second-order valence-electron chi connectivity index (χ2n) is 11.0. The van der Waals surface area contributed by atoms with Crippen molar-refractivity contribution in [2.24, 2.45) is 0 Å². The SMILES string of the molecule is CCOCCOCCOCCOc1ccc(S(=O)(=O)N[C@H](c2ccccc2)[C@H](NCCCc2ccc(OC)cc2)c2ccccc2)cc1. The molecule has 0 heterocycles. The minimum Gasteiger partial charge on any atom is -0.497 e. The standard InChI is InChI=1S/C38H48N2O7S/c1-3-44-25-26-45-27-28-46-29-30-47-35-20-22-36(23-21-35)48(41,42)40-38(33-14-8-5-9-15-33)37(32-12-6-4-7-13-32)39-24-10-11-31-16-18-34(43-2)19-17-31/h4-9,12-23,37-40H,3,10-11,24-30H2,1-2H3/t37-,38-/m1/s1. The molecule has 4 aromatic rings. The molecule has 9 nitrogen and oxygen atoms in total. The van der Waals surface area contributed by atoms with E-state index in [4.69, 9.17) is 23.7 Å². The van der Waals surface area contributed by atoms with E-state index in [2.05, 4.69) is 22.2 Å². The van der Waals surface area contributed by atoms with Gasteiger partial charge in [-0.25, -0.2) is 13.1 Å². The maximum Gasteiger partial charge on any atom is 0.241 e. The molecule has 4 aromatic carbocycles. The Morgan fingerprint density at radius 2 is 1.17 bits per heavy atom. The lowest BCUT2D eigenvalue weighted by Crippen LogP contribution is -2.39. The molecule has 0 amide bonds. The van der Waals surface area contributed by atoms with Gasteiger partial charge in [-0.05, 0) is 79.4 Å². The lowest BCUT2D eigenvalue weighted by Gasteiger charge is -2.30. The normalized spacial score (nSPS) is 12.8. The summed E-state index contributed by atoms with van der Waals surface area (Å²) in [6.45, 7) is 6.10. The van der Waals surface area contributed by atoms with Crippen molar-refractivity contribution in [1.82, 2.24) is 10.0 Å². The summed E-state index contributed by atoms with van der Waals surface area (Å²) >= 11 is 0. The van der Waals surface area contributed by atoms with Crippen molar-refractivity contribution in [3.8, 4) is 11.5 Å². The zero-order valence-electron chi connectivity index (χ0n) is 27.9. The van der Waals surface area contributed by atoms with Crippen LogP contribution in [0.2, 0.25) is 0 Å². The van der Waals surface area contributed by atoms with Crippen LogP contribution >= 0.6 is 0 Å². The predicted octanol–water partition coefficient (Wildman–Crippen LogP) is 6.13. The molecule has 0 aliphatic rings. The number of rotatable bonds is 23. The highest BCUT2D eigenvalue weighted by Crippen LogP contribution is 2.31. The maximum atomic E-state index is 13.8. The fourth-order valence-corrected chi connectivity index (χ4v) is 6.41. The lowest BCUT2D eigenvalue weighted by molar-refractivity contribution is 0.0114. The van der Waals surface area contributed by atoms with Gasteiger partial charge in [0, 0.05) is 6.61 Å². The van der Waals surface area contributed by atoms with Gasteiger partial charge in [0.05, 0.1) is 57.1 Å². The van der Waals surface area contributed by atoms with Crippen LogP contribution in [0.3, 0.4) is 0 Å². The summed E-state index contributed by atoms with van der Waals surface area (Å²) in [4.78, 5) is 0.155. The molecule has 48 heavy (non-hydrogen) atoms. The van der Waals surface area contributed by atoms with Crippen LogP contribution in [0.15, 0.2) is 114 Å². The molecule has 0 spiro atoms. The van der Waals surface area contributed by atoms with Crippen molar-refractivity contribution < 1.29 is 32.1 Å². The van der Waals surface area contributed by atoms with Crippen molar-refractivity contribution in [2.75, 3.05) is 59.9 Å². The molecular formula is C38H48N2O7S. The number of aryl methyl sites for hydroxylation is 1. The van der Waals surface area contributed by atoms with Gasteiger partial charge in [-0.2, -0.15) is 0 Å². The van der Waals surface area contributed by atoms with Gasteiger partial charge in [0.1, 0.15) is 18.1 Å². The third kappa shape index (κ3) is 12.4. The van der Waals surface area contributed by atoms with Crippen molar-refractivity contribution in [1.29, 1.82) is 0 Å².